The molecule has 8 aromatic rings. The molecule has 0 saturated carbocycles. The molecule has 0 radical (unpaired) electrons. The Morgan fingerprint density at radius 3 is 1.28 bits per heavy atom. The normalized spacial score (nSPS) is 9.86. The van der Waals surface area contributed by atoms with E-state index in [0.29, 0.717) is 17.0 Å². The van der Waals surface area contributed by atoms with Gasteiger partial charge in [0.15, 0.2) is 11.6 Å². The number of hydrogen-bond donors (Lipinski definition) is 0. The van der Waals surface area contributed by atoms with Crippen molar-refractivity contribution in [3.8, 4) is 53.1 Å². The molecule has 0 aliphatic heterocycles. The van der Waals surface area contributed by atoms with E-state index < -0.39 is 23.4 Å². The molecule has 0 N–H and O–H groups in total. The van der Waals surface area contributed by atoms with Gasteiger partial charge in [-0.1, -0.05) is 66.1 Å². The fraction of sp³-hybridized carbons (Fsp3) is 0.133. The summed E-state index contributed by atoms with van der Waals surface area (Å²) in [4.78, 5) is 17.0. The molecule has 0 bridgehead atoms. The molecule has 5 nitrogen and oxygen atoms in total. The highest BCUT2D eigenvalue weighted by Crippen LogP contribution is 2.36. The topological polar surface area (TPSA) is 60.8 Å². The van der Waals surface area contributed by atoms with E-state index in [1.165, 1.54) is 35.9 Å². The molecule has 0 aliphatic carbocycles. The van der Waals surface area contributed by atoms with E-state index in [2.05, 4.69) is 80.3 Å². The molecule has 0 atom stereocenters. The third kappa shape index (κ3) is 18.6. The molecule has 0 unspecified atom stereocenters. The maximum Gasteiger partial charge on any atom is 0.420 e. The Balaban J connectivity index is 0.000000178. The predicted molar refractivity (Wildman–Crippen MR) is 266 cm³/mol. The van der Waals surface area contributed by atoms with Gasteiger partial charge in [-0.25, -0.2) is 33.1 Å². The van der Waals surface area contributed by atoms with Crippen LogP contribution in [0.15, 0.2) is 158 Å². The van der Waals surface area contributed by atoms with Crippen molar-refractivity contribution in [3.05, 3.63) is 254 Å². The third-order valence-electron chi connectivity index (χ3n) is 9.38. The summed E-state index contributed by atoms with van der Waals surface area (Å²) in [5, 5.41) is 0. The van der Waals surface area contributed by atoms with Crippen molar-refractivity contribution in [1.29, 1.82) is 0 Å². The summed E-state index contributed by atoms with van der Waals surface area (Å²) in [6, 6.07) is 43.9. The molecule has 354 valence electrons. The van der Waals surface area contributed by atoms with Crippen LogP contribution in [-0.2, 0) is 6.18 Å². The molecule has 0 saturated heterocycles. The smallest absolute Gasteiger partial charge is 0.420 e. The van der Waals surface area contributed by atoms with Crippen LogP contribution in [0.1, 0.15) is 85.9 Å². The molecular weight excluding hydrogens is 907 g/mol. The molecule has 0 fully saturated rings. The zero-order valence-corrected chi connectivity index (χ0v) is 39.7. The molecule has 8 rings (SSSR count). The van der Waals surface area contributed by atoms with E-state index in [1.54, 1.807) is 37.3 Å². The lowest BCUT2D eigenvalue weighted by atomic mass is 10.1. The van der Waals surface area contributed by atoms with E-state index in [4.69, 9.17) is 4.74 Å². The lowest BCUT2D eigenvalue weighted by molar-refractivity contribution is -0.138. The number of halogens is 6. The average Bonchev–Trinajstić information content (AvgIpc) is 3.34. The van der Waals surface area contributed by atoms with Crippen molar-refractivity contribution < 1.29 is 31.1 Å². The Labute approximate surface area is 411 Å². The van der Waals surface area contributed by atoms with Crippen LogP contribution >= 0.6 is 0 Å². The van der Waals surface area contributed by atoms with Gasteiger partial charge in [-0.05, 0) is 186 Å². The molecular formula is C60H46F6N4O. The third-order valence-corrected chi connectivity index (χ3v) is 9.38. The Bertz CT molecular complexity index is 3340. The Hall–Kier alpha value is -8.90. The van der Waals surface area contributed by atoms with Crippen molar-refractivity contribution in [3.63, 3.8) is 0 Å². The number of hydrogen-bond acceptors (Lipinski definition) is 5. The molecule has 71 heavy (non-hydrogen) atoms. The van der Waals surface area contributed by atoms with Crippen LogP contribution in [0.5, 0.6) is 5.75 Å². The maximum atomic E-state index is 13.0. The number of pyridine rings is 4. The van der Waals surface area contributed by atoms with Gasteiger partial charge in [-0.2, -0.15) is 13.2 Å². The fourth-order valence-corrected chi connectivity index (χ4v) is 5.92. The Kier molecular flexibility index (Phi) is 19.9. The molecule has 0 spiro atoms. The van der Waals surface area contributed by atoms with Gasteiger partial charge in [0.25, 0.3) is 0 Å². The van der Waals surface area contributed by atoms with Crippen LogP contribution in [0.2, 0.25) is 0 Å². The standard InChI is InChI=1S/C17H14F3NO.C15H13N.C14H9F2N.C14H10FN/c1-3-22-16-10-8-13(11-15(16)17(18,19)20)7-9-14-6-4-5-12(2)21-14;1-12-6-3-4-8-14(12)10-11-15-9-5-7-13(2)16-15;1-10-3-2-4-12(17-10)7-5-11-6-8-13(15)14(16)9-11;1-11-3-2-4-14(16-11)10-7-12-5-8-13(15)9-6-12/h4-6,8,10-11H,3H2,1-2H3;3-9H,1-2H3;2-4,6,8-9H,1H3;2-6,8-9H,1H3. The molecule has 11 heteroatoms. The number of nitrogens with zero attached hydrogens (tertiary/aromatic N) is 4. The van der Waals surface area contributed by atoms with Crippen molar-refractivity contribution in [2.24, 2.45) is 0 Å². The van der Waals surface area contributed by atoms with Gasteiger partial charge in [-0.15, -0.1) is 0 Å². The van der Waals surface area contributed by atoms with Crippen molar-refractivity contribution in [1.82, 2.24) is 19.9 Å². The zero-order valence-electron chi connectivity index (χ0n) is 39.7. The van der Waals surface area contributed by atoms with Gasteiger partial charge in [0.05, 0.1) is 12.2 Å². The SMILES string of the molecule is CCOc1ccc(C#Cc2cccc(C)n2)cc1C(F)(F)F.Cc1cccc(C#Cc2ccc(F)c(F)c2)n1.Cc1cccc(C#Cc2ccc(F)cc2)n1.Cc1cccc(C#Cc2ccccc2C)n1. The minimum Gasteiger partial charge on any atom is -0.493 e. The van der Waals surface area contributed by atoms with Gasteiger partial charge < -0.3 is 4.74 Å². The first-order valence-corrected chi connectivity index (χ1v) is 22.0. The number of aromatic nitrogens is 4. The summed E-state index contributed by atoms with van der Waals surface area (Å²) >= 11 is 0. The summed E-state index contributed by atoms with van der Waals surface area (Å²) < 4.78 is 82.3. The number of alkyl halides is 3. The van der Waals surface area contributed by atoms with Crippen molar-refractivity contribution in [2.75, 3.05) is 6.61 Å². The largest absolute Gasteiger partial charge is 0.493 e. The maximum absolute atomic E-state index is 13.0. The highest BCUT2D eigenvalue weighted by atomic mass is 19.4. The second-order valence-electron chi connectivity index (χ2n) is 15.2. The predicted octanol–water partition coefficient (Wildman–Crippen LogP) is 13.3. The molecule has 4 aromatic heterocycles. The lowest BCUT2D eigenvalue weighted by Crippen LogP contribution is -2.09. The molecule has 0 aliphatic rings. The highest BCUT2D eigenvalue weighted by molar-refractivity contribution is 5.48. The first-order valence-electron chi connectivity index (χ1n) is 22.0. The van der Waals surface area contributed by atoms with Crippen LogP contribution in [0.25, 0.3) is 0 Å². The van der Waals surface area contributed by atoms with Crippen LogP contribution in [0.4, 0.5) is 26.3 Å². The van der Waals surface area contributed by atoms with Crippen molar-refractivity contribution in [2.45, 2.75) is 47.7 Å². The van der Waals surface area contributed by atoms with Crippen molar-refractivity contribution >= 4 is 0 Å². The molecule has 4 aromatic carbocycles. The summed E-state index contributed by atoms with van der Waals surface area (Å²) in [6.07, 6.45) is -4.48. The van der Waals surface area contributed by atoms with Crippen LogP contribution < -0.4 is 4.74 Å². The fourth-order valence-electron chi connectivity index (χ4n) is 5.92. The summed E-state index contributed by atoms with van der Waals surface area (Å²) in [5.74, 6) is 20.9. The van der Waals surface area contributed by atoms with Crippen LogP contribution in [-0.4, -0.2) is 26.5 Å². The van der Waals surface area contributed by atoms with E-state index in [-0.39, 0.29) is 23.7 Å². The first-order chi connectivity index (χ1) is 34.0. The summed E-state index contributed by atoms with van der Waals surface area (Å²) in [7, 11) is 0. The minimum absolute atomic E-state index is 0.168. The van der Waals surface area contributed by atoms with E-state index in [0.717, 1.165) is 63.5 Å². The number of benzene rings is 4. The van der Waals surface area contributed by atoms with Gasteiger partial charge in [0.1, 0.15) is 34.3 Å². The van der Waals surface area contributed by atoms with Gasteiger partial charge in [0.2, 0.25) is 0 Å². The van der Waals surface area contributed by atoms with E-state index >= 15 is 0 Å². The Morgan fingerprint density at radius 2 is 0.845 bits per heavy atom. The van der Waals surface area contributed by atoms with Gasteiger partial charge in [0, 0.05) is 45.0 Å². The second-order valence-corrected chi connectivity index (χ2v) is 15.2. The lowest BCUT2D eigenvalue weighted by Gasteiger charge is -2.13. The highest BCUT2D eigenvalue weighted by Gasteiger charge is 2.34. The Morgan fingerprint density at radius 1 is 0.423 bits per heavy atom. The second kappa shape index (κ2) is 26.6. The summed E-state index contributed by atoms with van der Waals surface area (Å²) in [5.41, 5.74) is 9.17. The average molecular weight is 953 g/mol. The van der Waals surface area contributed by atoms with Gasteiger partial charge >= 0.3 is 6.18 Å². The number of aryl methyl sites for hydroxylation is 5. The van der Waals surface area contributed by atoms with Crippen LogP contribution in [0.3, 0.4) is 0 Å². The van der Waals surface area contributed by atoms with E-state index in [9.17, 15) is 26.3 Å². The van der Waals surface area contributed by atoms with Crippen LogP contribution in [0, 0.1) is 99.4 Å². The minimum atomic E-state index is -4.48. The molecule has 0 amide bonds. The zero-order chi connectivity index (χ0) is 51.2. The van der Waals surface area contributed by atoms with E-state index in [1.807, 2.05) is 100 Å². The number of rotatable bonds is 2. The monoisotopic (exact) mass is 952 g/mol. The quantitative estimate of drug-likeness (QED) is 0.128. The van der Waals surface area contributed by atoms with Gasteiger partial charge in [-0.3, -0.25) is 0 Å². The number of ether oxygens (including phenoxy) is 1. The summed E-state index contributed by atoms with van der Waals surface area (Å²) in [6.45, 7) is 11.4. The first kappa shape index (κ1) is 53.1. The molecule has 4 heterocycles.